The van der Waals surface area contributed by atoms with Crippen molar-refractivity contribution in [1.82, 2.24) is 0 Å². The molecule has 0 aromatic rings. The van der Waals surface area contributed by atoms with Crippen LogP contribution in [0, 0.1) is 23.2 Å². The lowest BCUT2D eigenvalue weighted by molar-refractivity contribution is -0.132. The standard InChI is InChI=1S/C12H20O/c1-12(2,3)11(13)10-7-8-4-5-9(10)6-8/h8-10H,4-7H2,1-3H3/t8-,9+,10?/m1/s1. The number of hydrogen-bond donors (Lipinski definition) is 0. The van der Waals surface area contributed by atoms with Gasteiger partial charge in [0.1, 0.15) is 5.78 Å². The van der Waals surface area contributed by atoms with Crippen LogP contribution in [0.15, 0.2) is 0 Å². The number of Topliss-reactive ketones (excluding diaryl/α,β-unsaturated/α-hetero) is 1. The smallest absolute Gasteiger partial charge is 0.141 e. The second kappa shape index (κ2) is 2.83. The van der Waals surface area contributed by atoms with E-state index in [4.69, 9.17) is 0 Å². The highest BCUT2D eigenvalue weighted by molar-refractivity contribution is 5.86. The monoisotopic (exact) mass is 180 g/mol. The van der Waals surface area contributed by atoms with Gasteiger partial charge in [-0.05, 0) is 31.1 Å². The average molecular weight is 180 g/mol. The molecule has 0 heterocycles. The molecule has 2 fully saturated rings. The zero-order chi connectivity index (χ0) is 9.64. The minimum absolute atomic E-state index is 0.116. The Kier molecular flexibility index (Phi) is 2.01. The maximum atomic E-state index is 12.1. The second-order valence-corrected chi connectivity index (χ2v) is 5.90. The van der Waals surface area contributed by atoms with Crippen LogP contribution in [0.3, 0.4) is 0 Å². The molecule has 0 N–H and O–H groups in total. The predicted octanol–water partition coefficient (Wildman–Crippen LogP) is 3.04. The minimum Gasteiger partial charge on any atom is -0.299 e. The maximum Gasteiger partial charge on any atom is 0.141 e. The van der Waals surface area contributed by atoms with E-state index in [1.165, 1.54) is 25.7 Å². The summed E-state index contributed by atoms with van der Waals surface area (Å²) in [5.74, 6) is 2.57. The number of carbonyl (C=O) groups is 1. The number of ketones is 1. The fourth-order valence-electron chi connectivity index (χ4n) is 3.12. The molecule has 1 heteroatoms. The van der Waals surface area contributed by atoms with Gasteiger partial charge in [0.15, 0.2) is 0 Å². The number of carbonyl (C=O) groups excluding carboxylic acids is 1. The summed E-state index contributed by atoms with van der Waals surface area (Å²) in [6.07, 6.45) is 5.24. The van der Waals surface area contributed by atoms with Gasteiger partial charge in [0, 0.05) is 11.3 Å². The molecule has 13 heavy (non-hydrogen) atoms. The van der Waals surface area contributed by atoms with Crippen molar-refractivity contribution >= 4 is 5.78 Å². The Morgan fingerprint density at radius 3 is 2.23 bits per heavy atom. The van der Waals surface area contributed by atoms with Crippen LogP contribution in [-0.2, 0) is 4.79 Å². The molecule has 0 radical (unpaired) electrons. The fourth-order valence-corrected chi connectivity index (χ4v) is 3.12. The maximum absolute atomic E-state index is 12.1. The summed E-state index contributed by atoms with van der Waals surface area (Å²) < 4.78 is 0. The highest BCUT2D eigenvalue weighted by Gasteiger charge is 2.45. The van der Waals surface area contributed by atoms with Crippen molar-refractivity contribution in [2.45, 2.75) is 46.5 Å². The lowest BCUT2D eigenvalue weighted by Crippen LogP contribution is -2.31. The van der Waals surface area contributed by atoms with Gasteiger partial charge in [-0.1, -0.05) is 27.2 Å². The van der Waals surface area contributed by atoms with Gasteiger partial charge >= 0.3 is 0 Å². The molecule has 1 nitrogen and oxygen atoms in total. The van der Waals surface area contributed by atoms with Gasteiger partial charge in [0.2, 0.25) is 0 Å². The predicted molar refractivity (Wildman–Crippen MR) is 53.4 cm³/mol. The third-order valence-electron chi connectivity index (χ3n) is 3.81. The zero-order valence-electron chi connectivity index (χ0n) is 8.97. The summed E-state index contributed by atoms with van der Waals surface area (Å²) >= 11 is 0. The minimum atomic E-state index is -0.116. The Balaban J connectivity index is 2.07. The van der Waals surface area contributed by atoms with Crippen LogP contribution < -0.4 is 0 Å². The summed E-state index contributed by atoms with van der Waals surface area (Å²) in [6, 6.07) is 0. The Bertz CT molecular complexity index is 224. The SMILES string of the molecule is CC(C)(C)C(=O)C1C[C@@H]2CC[C@H]1C2. The van der Waals surface area contributed by atoms with Crippen molar-refractivity contribution in [2.75, 3.05) is 0 Å². The second-order valence-electron chi connectivity index (χ2n) is 5.90. The molecule has 0 spiro atoms. The van der Waals surface area contributed by atoms with E-state index in [2.05, 4.69) is 20.8 Å². The Hall–Kier alpha value is -0.330. The van der Waals surface area contributed by atoms with E-state index in [1.807, 2.05) is 0 Å². The molecule has 0 aromatic heterocycles. The van der Waals surface area contributed by atoms with Crippen LogP contribution in [-0.4, -0.2) is 5.78 Å². The molecule has 0 aromatic carbocycles. The fraction of sp³-hybridized carbons (Fsp3) is 0.917. The first kappa shape index (κ1) is 9.23. The van der Waals surface area contributed by atoms with Gasteiger partial charge in [-0.15, -0.1) is 0 Å². The molecule has 2 saturated carbocycles. The van der Waals surface area contributed by atoms with Crippen molar-refractivity contribution < 1.29 is 4.79 Å². The van der Waals surface area contributed by atoms with Crippen LogP contribution in [0.2, 0.25) is 0 Å². The first-order chi connectivity index (χ1) is 5.98. The molecule has 2 aliphatic carbocycles. The van der Waals surface area contributed by atoms with Crippen LogP contribution in [0.4, 0.5) is 0 Å². The summed E-state index contributed by atoms with van der Waals surface area (Å²) in [6.45, 7) is 6.17. The molecular formula is C12H20O. The van der Waals surface area contributed by atoms with E-state index in [1.54, 1.807) is 0 Å². The number of rotatable bonds is 1. The molecule has 0 amide bonds. The van der Waals surface area contributed by atoms with Gasteiger partial charge in [-0.25, -0.2) is 0 Å². The lowest BCUT2D eigenvalue weighted by Gasteiger charge is -2.27. The van der Waals surface area contributed by atoms with E-state index < -0.39 is 0 Å². The molecule has 3 atom stereocenters. The van der Waals surface area contributed by atoms with Crippen LogP contribution in [0.1, 0.15) is 46.5 Å². The van der Waals surface area contributed by atoms with Crippen molar-refractivity contribution in [1.29, 1.82) is 0 Å². The van der Waals surface area contributed by atoms with E-state index in [0.29, 0.717) is 11.7 Å². The highest BCUT2D eigenvalue weighted by Crippen LogP contribution is 2.50. The van der Waals surface area contributed by atoms with Gasteiger partial charge in [-0.2, -0.15) is 0 Å². The van der Waals surface area contributed by atoms with E-state index in [0.717, 1.165) is 11.8 Å². The highest BCUT2D eigenvalue weighted by atomic mass is 16.1. The average Bonchev–Trinajstić information content (AvgIpc) is 2.60. The molecule has 74 valence electrons. The molecule has 2 aliphatic rings. The molecule has 0 aliphatic heterocycles. The normalized spacial score (nSPS) is 38.2. The molecule has 2 bridgehead atoms. The first-order valence-corrected chi connectivity index (χ1v) is 5.53. The van der Waals surface area contributed by atoms with Gasteiger partial charge in [-0.3, -0.25) is 4.79 Å². The quantitative estimate of drug-likeness (QED) is 0.606. The summed E-state index contributed by atoms with van der Waals surface area (Å²) in [5, 5.41) is 0. The van der Waals surface area contributed by atoms with Crippen LogP contribution in [0.25, 0.3) is 0 Å². The van der Waals surface area contributed by atoms with E-state index in [-0.39, 0.29) is 5.41 Å². The largest absolute Gasteiger partial charge is 0.299 e. The summed E-state index contributed by atoms with van der Waals surface area (Å²) in [4.78, 5) is 12.1. The summed E-state index contributed by atoms with van der Waals surface area (Å²) in [7, 11) is 0. The van der Waals surface area contributed by atoms with E-state index in [9.17, 15) is 4.79 Å². The third-order valence-corrected chi connectivity index (χ3v) is 3.81. The third kappa shape index (κ3) is 1.53. The molecular weight excluding hydrogens is 160 g/mol. The lowest BCUT2D eigenvalue weighted by atomic mass is 9.76. The van der Waals surface area contributed by atoms with Crippen molar-refractivity contribution in [3.8, 4) is 0 Å². The Morgan fingerprint density at radius 1 is 1.15 bits per heavy atom. The van der Waals surface area contributed by atoms with Crippen LogP contribution in [0.5, 0.6) is 0 Å². The molecule has 2 rings (SSSR count). The Labute approximate surface area is 80.9 Å². The van der Waals surface area contributed by atoms with Gasteiger partial charge in [0.05, 0.1) is 0 Å². The zero-order valence-corrected chi connectivity index (χ0v) is 8.97. The molecule has 1 unspecified atom stereocenters. The number of fused-ring (bicyclic) bond motifs is 2. The van der Waals surface area contributed by atoms with Crippen LogP contribution >= 0.6 is 0 Å². The van der Waals surface area contributed by atoms with Crippen molar-refractivity contribution in [2.24, 2.45) is 23.2 Å². The Morgan fingerprint density at radius 2 is 1.85 bits per heavy atom. The first-order valence-electron chi connectivity index (χ1n) is 5.53. The van der Waals surface area contributed by atoms with E-state index >= 15 is 0 Å². The summed E-state index contributed by atoms with van der Waals surface area (Å²) in [5.41, 5.74) is -0.116. The topological polar surface area (TPSA) is 17.1 Å². The molecule has 0 saturated heterocycles. The van der Waals surface area contributed by atoms with Crippen molar-refractivity contribution in [3.05, 3.63) is 0 Å². The number of hydrogen-bond acceptors (Lipinski definition) is 1. The van der Waals surface area contributed by atoms with Gasteiger partial charge in [0.25, 0.3) is 0 Å². The van der Waals surface area contributed by atoms with Gasteiger partial charge < -0.3 is 0 Å². The van der Waals surface area contributed by atoms with Crippen molar-refractivity contribution in [3.63, 3.8) is 0 Å².